The molecule has 1 aromatic carbocycles. The summed E-state index contributed by atoms with van der Waals surface area (Å²) in [4.78, 5) is 12.2. The summed E-state index contributed by atoms with van der Waals surface area (Å²) in [5, 5.41) is 2.95. The van der Waals surface area contributed by atoms with E-state index in [-0.39, 0.29) is 12.0 Å². The zero-order chi connectivity index (χ0) is 15.5. The predicted octanol–water partition coefficient (Wildman–Crippen LogP) is 3.00. The third-order valence-corrected chi connectivity index (χ3v) is 4.17. The van der Waals surface area contributed by atoms with Crippen LogP contribution in [0.1, 0.15) is 34.6 Å². The van der Waals surface area contributed by atoms with E-state index in [1.54, 1.807) is 0 Å². The van der Waals surface area contributed by atoms with Crippen molar-refractivity contribution in [3.05, 3.63) is 53.3 Å². The van der Waals surface area contributed by atoms with Crippen LogP contribution < -0.4 is 5.32 Å². The van der Waals surface area contributed by atoms with Crippen LogP contribution in [0.4, 0.5) is 0 Å². The molecule has 2 heterocycles. The van der Waals surface area contributed by atoms with Crippen LogP contribution in [0.2, 0.25) is 0 Å². The van der Waals surface area contributed by atoms with Gasteiger partial charge in [-0.25, -0.2) is 0 Å². The molecule has 0 bridgehead atoms. The van der Waals surface area contributed by atoms with Gasteiger partial charge < -0.3 is 14.6 Å². The molecular weight excluding hydrogens is 276 g/mol. The SMILES string of the molecule is Cc1ccc(C)n1-c1ccc(C(=O)NC[C@@H]2CCCO2)cc1. The first-order chi connectivity index (χ1) is 10.6. The number of ether oxygens (including phenoxy) is 1. The second-order valence-corrected chi connectivity index (χ2v) is 5.84. The molecule has 1 aliphatic heterocycles. The van der Waals surface area contributed by atoms with Gasteiger partial charge in [-0.2, -0.15) is 0 Å². The Hall–Kier alpha value is -2.07. The van der Waals surface area contributed by atoms with Gasteiger partial charge in [0.05, 0.1) is 6.10 Å². The minimum atomic E-state index is -0.0389. The van der Waals surface area contributed by atoms with Crippen LogP contribution in [0, 0.1) is 13.8 Å². The highest BCUT2D eigenvalue weighted by molar-refractivity contribution is 5.94. The molecule has 0 spiro atoms. The molecule has 3 rings (SSSR count). The first-order valence-corrected chi connectivity index (χ1v) is 7.80. The Morgan fingerprint density at radius 3 is 2.45 bits per heavy atom. The van der Waals surface area contributed by atoms with Gasteiger partial charge in [-0.05, 0) is 63.1 Å². The summed E-state index contributed by atoms with van der Waals surface area (Å²) in [5.74, 6) is -0.0389. The standard InChI is InChI=1S/C18H22N2O2/c1-13-5-6-14(2)20(13)16-9-7-15(8-10-16)18(21)19-12-17-4-3-11-22-17/h5-10,17H,3-4,11-12H2,1-2H3,(H,19,21)/t17-/m0/s1. The molecular formula is C18H22N2O2. The van der Waals surface area contributed by atoms with Crippen LogP contribution in [-0.2, 0) is 4.74 Å². The normalized spacial score (nSPS) is 17.6. The summed E-state index contributed by atoms with van der Waals surface area (Å²) in [6.45, 7) is 5.56. The van der Waals surface area contributed by atoms with Crippen LogP contribution in [0.15, 0.2) is 36.4 Å². The maximum absolute atomic E-state index is 12.2. The third-order valence-electron chi connectivity index (χ3n) is 4.17. The summed E-state index contributed by atoms with van der Waals surface area (Å²) in [6.07, 6.45) is 2.30. The lowest BCUT2D eigenvalue weighted by Gasteiger charge is -2.12. The molecule has 1 aromatic heterocycles. The Morgan fingerprint density at radius 1 is 1.18 bits per heavy atom. The molecule has 1 fully saturated rings. The Morgan fingerprint density at radius 2 is 1.86 bits per heavy atom. The number of nitrogens with zero attached hydrogens (tertiary/aromatic N) is 1. The molecule has 1 aliphatic rings. The first-order valence-electron chi connectivity index (χ1n) is 7.80. The van der Waals surface area contributed by atoms with Gasteiger partial charge in [0, 0.05) is 35.8 Å². The quantitative estimate of drug-likeness (QED) is 0.943. The van der Waals surface area contributed by atoms with Crippen molar-refractivity contribution >= 4 is 5.91 Å². The largest absolute Gasteiger partial charge is 0.376 e. The van der Waals surface area contributed by atoms with Gasteiger partial charge in [0.25, 0.3) is 5.91 Å². The number of hydrogen-bond donors (Lipinski definition) is 1. The highest BCUT2D eigenvalue weighted by Crippen LogP contribution is 2.17. The zero-order valence-corrected chi connectivity index (χ0v) is 13.1. The number of hydrogen-bond acceptors (Lipinski definition) is 2. The van der Waals surface area contributed by atoms with E-state index in [0.29, 0.717) is 12.1 Å². The molecule has 4 nitrogen and oxygen atoms in total. The number of carbonyl (C=O) groups is 1. The van der Waals surface area contributed by atoms with E-state index in [9.17, 15) is 4.79 Å². The van der Waals surface area contributed by atoms with Gasteiger partial charge in [-0.15, -0.1) is 0 Å². The highest BCUT2D eigenvalue weighted by atomic mass is 16.5. The number of carbonyl (C=O) groups excluding carboxylic acids is 1. The topological polar surface area (TPSA) is 43.3 Å². The van der Waals surface area contributed by atoms with Crippen LogP contribution in [0.3, 0.4) is 0 Å². The minimum Gasteiger partial charge on any atom is -0.376 e. The monoisotopic (exact) mass is 298 g/mol. The Bertz CT molecular complexity index is 633. The molecule has 1 amide bonds. The smallest absolute Gasteiger partial charge is 0.251 e. The minimum absolute atomic E-state index is 0.0389. The van der Waals surface area contributed by atoms with Gasteiger partial charge in [0.2, 0.25) is 0 Å². The number of nitrogens with one attached hydrogen (secondary N) is 1. The van der Waals surface area contributed by atoms with Crippen molar-refractivity contribution in [2.24, 2.45) is 0 Å². The summed E-state index contributed by atoms with van der Waals surface area (Å²) in [7, 11) is 0. The van der Waals surface area contributed by atoms with Crippen molar-refractivity contribution in [1.82, 2.24) is 9.88 Å². The van der Waals surface area contributed by atoms with Crippen molar-refractivity contribution in [3.8, 4) is 5.69 Å². The fraction of sp³-hybridized carbons (Fsp3) is 0.389. The first kappa shape index (κ1) is 14.9. The number of aryl methyl sites for hydroxylation is 2. The number of aromatic nitrogens is 1. The van der Waals surface area contributed by atoms with Crippen LogP contribution in [0.25, 0.3) is 5.69 Å². The molecule has 2 aromatic rings. The van der Waals surface area contributed by atoms with Crippen molar-refractivity contribution in [2.75, 3.05) is 13.2 Å². The number of benzene rings is 1. The Labute approximate surface area is 131 Å². The fourth-order valence-corrected chi connectivity index (χ4v) is 2.95. The van der Waals surface area contributed by atoms with Crippen LogP contribution in [0.5, 0.6) is 0 Å². The van der Waals surface area contributed by atoms with E-state index in [0.717, 1.165) is 25.1 Å². The fourth-order valence-electron chi connectivity index (χ4n) is 2.95. The Balaban J connectivity index is 1.67. The lowest BCUT2D eigenvalue weighted by atomic mass is 10.1. The van der Waals surface area contributed by atoms with E-state index < -0.39 is 0 Å². The molecule has 22 heavy (non-hydrogen) atoms. The molecule has 4 heteroatoms. The van der Waals surface area contributed by atoms with Gasteiger partial charge >= 0.3 is 0 Å². The predicted molar refractivity (Wildman–Crippen MR) is 86.6 cm³/mol. The summed E-state index contributed by atoms with van der Waals surface area (Å²) >= 11 is 0. The summed E-state index contributed by atoms with van der Waals surface area (Å²) in [6, 6.07) is 11.9. The van der Waals surface area contributed by atoms with E-state index in [1.807, 2.05) is 24.3 Å². The summed E-state index contributed by atoms with van der Waals surface area (Å²) in [5.41, 5.74) is 4.14. The molecule has 1 atom stereocenters. The second kappa shape index (κ2) is 6.36. The Kier molecular flexibility index (Phi) is 4.29. The molecule has 0 unspecified atom stereocenters. The lowest BCUT2D eigenvalue weighted by Crippen LogP contribution is -2.31. The average molecular weight is 298 g/mol. The molecule has 116 valence electrons. The van der Waals surface area contributed by atoms with Crippen LogP contribution >= 0.6 is 0 Å². The maximum atomic E-state index is 12.2. The van der Waals surface area contributed by atoms with E-state index in [4.69, 9.17) is 4.74 Å². The van der Waals surface area contributed by atoms with Gasteiger partial charge in [-0.3, -0.25) is 4.79 Å². The van der Waals surface area contributed by atoms with Gasteiger partial charge in [0.1, 0.15) is 0 Å². The van der Waals surface area contributed by atoms with Crippen molar-refractivity contribution < 1.29 is 9.53 Å². The maximum Gasteiger partial charge on any atom is 0.251 e. The van der Waals surface area contributed by atoms with Crippen LogP contribution in [-0.4, -0.2) is 29.7 Å². The van der Waals surface area contributed by atoms with Gasteiger partial charge in [0.15, 0.2) is 0 Å². The van der Waals surface area contributed by atoms with E-state index in [2.05, 4.69) is 35.9 Å². The van der Waals surface area contributed by atoms with Crippen molar-refractivity contribution in [1.29, 1.82) is 0 Å². The van der Waals surface area contributed by atoms with E-state index >= 15 is 0 Å². The van der Waals surface area contributed by atoms with E-state index in [1.165, 1.54) is 11.4 Å². The lowest BCUT2D eigenvalue weighted by molar-refractivity contribution is 0.0858. The molecule has 1 N–H and O–H groups in total. The van der Waals surface area contributed by atoms with Crippen molar-refractivity contribution in [3.63, 3.8) is 0 Å². The third kappa shape index (κ3) is 3.07. The van der Waals surface area contributed by atoms with Crippen molar-refractivity contribution in [2.45, 2.75) is 32.8 Å². The number of amides is 1. The average Bonchev–Trinajstić information content (AvgIpc) is 3.15. The molecule has 0 radical (unpaired) electrons. The summed E-state index contributed by atoms with van der Waals surface area (Å²) < 4.78 is 7.69. The van der Waals surface area contributed by atoms with Gasteiger partial charge in [-0.1, -0.05) is 0 Å². The molecule has 1 saturated heterocycles. The highest BCUT2D eigenvalue weighted by Gasteiger charge is 2.16. The molecule has 0 aliphatic carbocycles. The molecule has 0 saturated carbocycles. The zero-order valence-electron chi connectivity index (χ0n) is 13.1. The second-order valence-electron chi connectivity index (χ2n) is 5.84. The number of rotatable bonds is 4.